The second kappa shape index (κ2) is 3.42. The van der Waals surface area contributed by atoms with Gasteiger partial charge in [-0.2, -0.15) is 0 Å². The zero-order chi connectivity index (χ0) is 10.2. The van der Waals surface area contributed by atoms with E-state index in [9.17, 15) is 13.9 Å². The van der Waals surface area contributed by atoms with E-state index in [0.29, 0.717) is 12.8 Å². The van der Waals surface area contributed by atoms with Crippen LogP contribution in [0, 0.1) is 5.41 Å². The van der Waals surface area contributed by atoms with Crippen molar-refractivity contribution in [3.8, 4) is 0 Å². The Morgan fingerprint density at radius 3 is 2.21 bits per heavy atom. The van der Waals surface area contributed by atoms with Gasteiger partial charge in [-0.1, -0.05) is 0 Å². The molecule has 1 N–H and O–H groups in total. The predicted molar refractivity (Wildman–Crippen MR) is 47.3 cm³/mol. The Kier molecular flexibility index (Phi) is 2.52. The minimum Gasteiger partial charge on any atom is -0.396 e. The molecule has 82 valence electrons. The summed E-state index contributed by atoms with van der Waals surface area (Å²) >= 11 is 0. The first kappa shape index (κ1) is 10.3. The van der Waals surface area contributed by atoms with Gasteiger partial charge in [-0.15, -0.1) is 0 Å². The van der Waals surface area contributed by atoms with Gasteiger partial charge in [0.15, 0.2) is 0 Å². The maximum Gasteiger partial charge on any atom is 0.248 e. The summed E-state index contributed by atoms with van der Waals surface area (Å²) in [6, 6.07) is 0. The highest BCUT2D eigenvalue weighted by atomic mass is 19.3. The van der Waals surface area contributed by atoms with Gasteiger partial charge in [-0.25, -0.2) is 8.78 Å². The van der Waals surface area contributed by atoms with E-state index in [-0.39, 0.29) is 31.0 Å². The summed E-state index contributed by atoms with van der Waals surface area (Å²) in [5.74, 6) is -2.51. The summed E-state index contributed by atoms with van der Waals surface area (Å²) in [6.45, 7) is 0.751. The molecule has 2 fully saturated rings. The maximum atomic E-state index is 12.9. The molecule has 14 heavy (non-hydrogen) atoms. The molecule has 1 saturated heterocycles. The van der Waals surface area contributed by atoms with Gasteiger partial charge in [0.05, 0.1) is 12.7 Å². The summed E-state index contributed by atoms with van der Waals surface area (Å²) in [4.78, 5) is 0. The predicted octanol–water partition coefficient (Wildman–Crippen LogP) is 1.96. The van der Waals surface area contributed by atoms with Crippen molar-refractivity contribution in [3.05, 3.63) is 0 Å². The van der Waals surface area contributed by atoms with Crippen molar-refractivity contribution in [2.45, 2.75) is 44.1 Å². The SMILES string of the molecule is OCC1(CC2CO2)CCC(F)(F)CC1. The first-order chi connectivity index (χ1) is 6.55. The van der Waals surface area contributed by atoms with E-state index in [1.54, 1.807) is 0 Å². The van der Waals surface area contributed by atoms with E-state index in [2.05, 4.69) is 0 Å². The van der Waals surface area contributed by atoms with E-state index < -0.39 is 5.92 Å². The molecule has 1 unspecified atom stereocenters. The molecule has 4 heteroatoms. The summed E-state index contributed by atoms with van der Waals surface area (Å²) < 4.78 is 30.9. The van der Waals surface area contributed by atoms with Crippen LogP contribution in [0.15, 0.2) is 0 Å². The van der Waals surface area contributed by atoms with Gasteiger partial charge in [0, 0.05) is 19.4 Å². The van der Waals surface area contributed by atoms with Gasteiger partial charge >= 0.3 is 0 Å². The third kappa shape index (κ3) is 2.23. The van der Waals surface area contributed by atoms with Crippen molar-refractivity contribution in [3.63, 3.8) is 0 Å². The number of aliphatic hydroxyl groups excluding tert-OH is 1. The summed E-state index contributed by atoms with van der Waals surface area (Å²) in [5, 5.41) is 9.29. The summed E-state index contributed by atoms with van der Waals surface area (Å²) in [7, 11) is 0. The van der Waals surface area contributed by atoms with E-state index in [4.69, 9.17) is 4.74 Å². The molecule has 0 bridgehead atoms. The lowest BCUT2D eigenvalue weighted by atomic mass is 9.70. The first-order valence-corrected chi connectivity index (χ1v) is 5.16. The van der Waals surface area contributed by atoms with Crippen molar-refractivity contribution in [1.29, 1.82) is 0 Å². The Hall–Kier alpha value is -0.220. The Morgan fingerprint density at radius 1 is 1.21 bits per heavy atom. The fourth-order valence-corrected chi connectivity index (χ4v) is 2.24. The second-order valence-electron chi connectivity index (χ2n) is 4.67. The van der Waals surface area contributed by atoms with Crippen LogP contribution >= 0.6 is 0 Å². The molecule has 0 radical (unpaired) electrons. The zero-order valence-electron chi connectivity index (χ0n) is 8.14. The Balaban J connectivity index is 1.93. The number of aliphatic hydroxyl groups is 1. The van der Waals surface area contributed by atoms with Crippen LogP contribution in [0.1, 0.15) is 32.1 Å². The molecule has 2 aliphatic rings. The van der Waals surface area contributed by atoms with Crippen LogP contribution < -0.4 is 0 Å². The van der Waals surface area contributed by atoms with Gasteiger partial charge < -0.3 is 9.84 Å². The zero-order valence-corrected chi connectivity index (χ0v) is 8.14. The molecule has 1 saturated carbocycles. The van der Waals surface area contributed by atoms with Crippen molar-refractivity contribution in [2.75, 3.05) is 13.2 Å². The lowest BCUT2D eigenvalue weighted by Crippen LogP contribution is -2.36. The number of epoxide rings is 1. The molecule has 0 aromatic rings. The molecule has 1 aliphatic carbocycles. The fourth-order valence-electron chi connectivity index (χ4n) is 2.24. The van der Waals surface area contributed by atoms with E-state index in [1.807, 2.05) is 0 Å². The monoisotopic (exact) mass is 206 g/mol. The highest BCUT2D eigenvalue weighted by Crippen LogP contribution is 2.47. The molecule has 0 aromatic carbocycles. The molecule has 0 aromatic heterocycles. The Bertz CT molecular complexity index is 204. The molecule has 2 nitrogen and oxygen atoms in total. The summed E-state index contributed by atoms with van der Waals surface area (Å²) in [5.41, 5.74) is -0.289. The summed E-state index contributed by atoms with van der Waals surface area (Å²) in [6.07, 6.45) is 1.65. The fraction of sp³-hybridized carbons (Fsp3) is 1.00. The van der Waals surface area contributed by atoms with Crippen LogP contribution in [0.4, 0.5) is 8.78 Å². The number of hydrogen-bond donors (Lipinski definition) is 1. The van der Waals surface area contributed by atoms with Crippen LogP contribution in [0.5, 0.6) is 0 Å². The normalized spacial score (nSPS) is 34.1. The van der Waals surface area contributed by atoms with Crippen molar-refractivity contribution in [2.24, 2.45) is 5.41 Å². The number of ether oxygens (including phenoxy) is 1. The molecule has 1 aliphatic heterocycles. The van der Waals surface area contributed by atoms with Gasteiger partial charge in [0.2, 0.25) is 5.92 Å². The van der Waals surface area contributed by atoms with Gasteiger partial charge in [0.1, 0.15) is 0 Å². The van der Waals surface area contributed by atoms with Crippen LogP contribution in [0.2, 0.25) is 0 Å². The molecule has 1 atom stereocenters. The third-order valence-electron chi connectivity index (χ3n) is 3.44. The topological polar surface area (TPSA) is 32.8 Å². The standard InChI is InChI=1S/C10H16F2O2/c11-10(12)3-1-9(7-13,2-4-10)5-8-6-14-8/h8,13H,1-7H2. The molecule has 0 amide bonds. The smallest absolute Gasteiger partial charge is 0.248 e. The Labute approximate surface area is 82.3 Å². The Morgan fingerprint density at radius 2 is 1.79 bits per heavy atom. The molecule has 0 spiro atoms. The van der Waals surface area contributed by atoms with Crippen LogP contribution in [-0.2, 0) is 4.74 Å². The number of halogens is 2. The van der Waals surface area contributed by atoms with Crippen molar-refractivity contribution in [1.82, 2.24) is 0 Å². The highest BCUT2D eigenvalue weighted by molar-refractivity contribution is 4.92. The number of hydrogen-bond acceptors (Lipinski definition) is 2. The van der Waals surface area contributed by atoms with Gasteiger partial charge in [0.25, 0.3) is 0 Å². The quantitative estimate of drug-likeness (QED) is 0.716. The minimum atomic E-state index is -2.51. The van der Waals surface area contributed by atoms with Crippen LogP contribution in [-0.4, -0.2) is 30.3 Å². The molecular formula is C10H16F2O2. The number of rotatable bonds is 3. The average Bonchev–Trinajstić information content (AvgIpc) is 2.93. The number of alkyl halides is 2. The van der Waals surface area contributed by atoms with Crippen LogP contribution in [0.25, 0.3) is 0 Å². The highest BCUT2D eigenvalue weighted by Gasteiger charge is 2.45. The third-order valence-corrected chi connectivity index (χ3v) is 3.44. The van der Waals surface area contributed by atoms with E-state index >= 15 is 0 Å². The lowest BCUT2D eigenvalue weighted by molar-refractivity contribution is -0.0817. The van der Waals surface area contributed by atoms with Crippen molar-refractivity contribution >= 4 is 0 Å². The van der Waals surface area contributed by atoms with E-state index in [0.717, 1.165) is 13.0 Å². The first-order valence-electron chi connectivity index (χ1n) is 5.16. The minimum absolute atomic E-state index is 0.0168. The molecule has 2 rings (SSSR count). The lowest BCUT2D eigenvalue weighted by Gasteiger charge is -2.38. The van der Waals surface area contributed by atoms with Gasteiger partial charge in [-0.05, 0) is 24.7 Å². The maximum absolute atomic E-state index is 12.9. The second-order valence-corrected chi connectivity index (χ2v) is 4.67. The van der Waals surface area contributed by atoms with Crippen molar-refractivity contribution < 1.29 is 18.6 Å². The average molecular weight is 206 g/mol. The molecule has 1 heterocycles. The van der Waals surface area contributed by atoms with E-state index in [1.165, 1.54) is 0 Å². The molecular weight excluding hydrogens is 190 g/mol. The van der Waals surface area contributed by atoms with Crippen LogP contribution in [0.3, 0.4) is 0 Å². The van der Waals surface area contributed by atoms with Gasteiger partial charge in [-0.3, -0.25) is 0 Å². The largest absolute Gasteiger partial charge is 0.396 e.